The zero-order valence-electron chi connectivity index (χ0n) is 5.23. The van der Waals surface area contributed by atoms with E-state index >= 15 is 0 Å². The van der Waals surface area contributed by atoms with Crippen molar-refractivity contribution in [3.63, 3.8) is 0 Å². The van der Waals surface area contributed by atoms with E-state index < -0.39 is 0 Å². The Morgan fingerprint density at radius 1 is 1.10 bits per heavy atom. The van der Waals surface area contributed by atoms with Gasteiger partial charge in [-0.3, -0.25) is 0 Å². The summed E-state index contributed by atoms with van der Waals surface area (Å²) in [5.74, 6) is 0.390. The van der Waals surface area contributed by atoms with Gasteiger partial charge in [0, 0.05) is 5.92 Å². The first-order valence-corrected chi connectivity index (χ1v) is 5.38. The molecule has 0 N–H and O–H groups in total. The molecule has 10 heavy (non-hydrogen) atoms. The van der Waals surface area contributed by atoms with Gasteiger partial charge in [0.1, 0.15) is 2.14 Å². The van der Waals surface area contributed by atoms with Gasteiger partial charge in [0.15, 0.2) is 0 Å². The molecule has 0 aliphatic heterocycles. The van der Waals surface area contributed by atoms with Crippen molar-refractivity contribution >= 4 is 47.8 Å². The fourth-order valence-electron chi connectivity index (χ4n) is 0.811. The Balaban J connectivity index is 2.64. The molecule has 0 radical (unpaired) electrons. The highest BCUT2D eigenvalue weighted by Crippen LogP contribution is 2.43. The molecule has 3 heteroatoms. The van der Waals surface area contributed by atoms with Crippen molar-refractivity contribution in [2.75, 3.05) is 0 Å². The van der Waals surface area contributed by atoms with Crippen LogP contribution in [-0.4, -0.2) is 2.14 Å². The lowest BCUT2D eigenvalue weighted by molar-refractivity contribution is 0.880. The number of allylic oxidation sites excluding steroid dienone is 4. The Kier molecular flexibility index (Phi) is 3.20. The van der Waals surface area contributed by atoms with Crippen LogP contribution in [0.3, 0.4) is 0 Å². The first-order chi connectivity index (χ1) is 4.61. The SMILES string of the molecule is BrC(Br)(Br)C1C=CCC=C1. The van der Waals surface area contributed by atoms with Crippen molar-refractivity contribution in [2.45, 2.75) is 8.56 Å². The molecule has 0 amide bonds. The molecule has 0 saturated heterocycles. The standard InChI is InChI=1S/C7H7Br3/c8-7(9,10)6-4-2-1-3-5-6/h2-6H,1H2. The van der Waals surface area contributed by atoms with Crippen molar-refractivity contribution in [1.29, 1.82) is 0 Å². The summed E-state index contributed by atoms with van der Waals surface area (Å²) in [5.41, 5.74) is 0. The van der Waals surface area contributed by atoms with Gasteiger partial charge < -0.3 is 0 Å². The van der Waals surface area contributed by atoms with Crippen molar-refractivity contribution in [3.8, 4) is 0 Å². The third-order valence-electron chi connectivity index (χ3n) is 1.34. The minimum atomic E-state index is -0.166. The van der Waals surface area contributed by atoms with Crippen LogP contribution in [0.15, 0.2) is 24.3 Å². The van der Waals surface area contributed by atoms with Gasteiger partial charge in [-0.15, -0.1) is 0 Å². The first kappa shape index (κ1) is 9.01. The maximum atomic E-state index is 3.47. The van der Waals surface area contributed by atoms with E-state index in [2.05, 4.69) is 72.1 Å². The van der Waals surface area contributed by atoms with Crippen molar-refractivity contribution in [2.24, 2.45) is 5.92 Å². The maximum absolute atomic E-state index is 3.47. The van der Waals surface area contributed by atoms with Gasteiger partial charge in [0.25, 0.3) is 0 Å². The van der Waals surface area contributed by atoms with E-state index in [0.29, 0.717) is 5.92 Å². The minimum Gasteiger partial charge on any atom is -0.0840 e. The molecule has 1 aliphatic rings. The molecule has 0 nitrogen and oxygen atoms in total. The smallest absolute Gasteiger partial charge is 0.0840 e. The average Bonchev–Trinajstić information content (AvgIpc) is 1.88. The summed E-state index contributed by atoms with van der Waals surface area (Å²) < 4.78 is -0.166. The zero-order chi connectivity index (χ0) is 7.61. The van der Waals surface area contributed by atoms with Crippen LogP contribution < -0.4 is 0 Å². The average molecular weight is 331 g/mol. The van der Waals surface area contributed by atoms with Gasteiger partial charge in [-0.25, -0.2) is 0 Å². The quantitative estimate of drug-likeness (QED) is 0.466. The Labute approximate surface area is 86.1 Å². The van der Waals surface area contributed by atoms with Crippen LogP contribution >= 0.6 is 47.8 Å². The molecule has 0 bridgehead atoms. The molecule has 1 aliphatic carbocycles. The molecule has 0 aromatic carbocycles. The van der Waals surface area contributed by atoms with Crippen LogP contribution in [0.4, 0.5) is 0 Å². The second kappa shape index (κ2) is 3.55. The van der Waals surface area contributed by atoms with Gasteiger partial charge in [0.05, 0.1) is 0 Å². The maximum Gasteiger partial charge on any atom is 0.144 e. The second-order valence-electron chi connectivity index (χ2n) is 2.16. The van der Waals surface area contributed by atoms with E-state index in [1.807, 2.05) is 0 Å². The number of hydrogen-bond donors (Lipinski definition) is 0. The van der Waals surface area contributed by atoms with E-state index in [-0.39, 0.29) is 2.14 Å². The van der Waals surface area contributed by atoms with Crippen LogP contribution in [0.2, 0.25) is 0 Å². The number of rotatable bonds is 0. The van der Waals surface area contributed by atoms with E-state index in [1.165, 1.54) is 0 Å². The number of halogens is 3. The fraction of sp³-hybridized carbons (Fsp3) is 0.429. The molecule has 0 fully saturated rings. The van der Waals surface area contributed by atoms with Crippen LogP contribution in [0.25, 0.3) is 0 Å². The summed E-state index contributed by atoms with van der Waals surface area (Å²) in [6.45, 7) is 0. The molecule has 0 heterocycles. The van der Waals surface area contributed by atoms with E-state index in [9.17, 15) is 0 Å². The molecule has 1 rings (SSSR count). The summed E-state index contributed by atoms with van der Waals surface area (Å²) >= 11 is 10.4. The molecular formula is C7H7Br3. The summed E-state index contributed by atoms with van der Waals surface area (Å²) in [5, 5.41) is 0. The summed E-state index contributed by atoms with van der Waals surface area (Å²) in [4.78, 5) is 0. The molecule has 0 aromatic heterocycles. The zero-order valence-corrected chi connectivity index (χ0v) is 9.99. The first-order valence-electron chi connectivity index (χ1n) is 3.01. The lowest BCUT2D eigenvalue weighted by atomic mass is 10.1. The van der Waals surface area contributed by atoms with Crippen molar-refractivity contribution in [3.05, 3.63) is 24.3 Å². The normalized spacial score (nSPS) is 19.9. The van der Waals surface area contributed by atoms with Crippen LogP contribution in [0.1, 0.15) is 6.42 Å². The molecule has 0 unspecified atom stereocenters. The van der Waals surface area contributed by atoms with Gasteiger partial charge in [-0.2, -0.15) is 0 Å². The minimum absolute atomic E-state index is 0.166. The van der Waals surface area contributed by atoms with Crippen LogP contribution in [0, 0.1) is 5.92 Å². The third-order valence-corrected chi connectivity index (χ3v) is 2.92. The predicted octanol–water partition coefficient (Wildman–Crippen LogP) is 3.96. The molecule has 0 saturated carbocycles. The highest BCUT2D eigenvalue weighted by molar-refractivity contribution is 9.39. The van der Waals surface area contributed by atoms with Gasteiger partial charge >= 0.3 is 0 Å². The van der Waals surface area contributed by atoms with Gasteiger partial charge in [0.2, 0.25) is 0 Å². The molecule has 0 atom stereocenters. The summed E-state index contributed by atoms with van der Waals surface area (Å²) in [6.07, 6.45) is 9.70. The molecular weight excluding hydrogens is 324 g/mol. The largest absolute Gasteiger partial charge is 0.144 e. The Morgan fingerprint density at radius 2 is 1.60 bits per heavy atom. The number of hydrogen-bond acceptors (Lipinski definition) is 0. The van der Waals surface area contributed by atoms with Crippen molar-refractivity contribution < 1.29 is 0 Å². The number of alkyl halides is 3. The third kappa shape index (κ3) is 2.51. The monoisotopic (exact) mass is 328 g/mol. The van der Waals surface area contributed by atoms with Crippen LogP contribution in [0.5, 0.6) is 0 Å². The van der Waals surface area contributed by atoms with Crippen LogP contribution in [-0.2, 0) is 0 Å². The molecule has 0 spiro atoms. The second-order valence-corrected chi connectivity index (χ2v) is 9.10. The summed E-state index contributed by atoms with van der Waals surface area (Å²) in [7, 11) is 0. The van der Waals surface area contributed by atoms with E-state index in [1.54, 1.807) is 0 Å². The van der Waals surface area contributed by atoms with Gasteiger partial charge in [-0.1, -0.05) is 72.1 Å². The van der Waals surface area contributed by atoms with Crippen molar-refractivity contribution in [1.82, 2.24) is 0 Å². The van der Waals surface area contributed by atoms with E-state index in [0.717, 1.165) is 6.42 Å². The fourth-order valence-corrected chi connectivity index (χ4v) is 1.73. The Bertz CT molecular complexity index is 152. The highest BCUT2D eigenvalue weighted by Gasteiger charge is 2.26. The molecule has 0 aromatic rings. The Morgan fingerprint density at radius 3 is 1.90 bits per heavy atom. The molecule has 56 valence electrons. The lowest BCUT2D eigenvalue weighted by Crippen LogP contribution is -2.13. The topological polar surface area (TPSA) is 0 Å². The predicted molar refractivity (Wildman–Crippen MR) is 55.9 cm³/mol. The van der Waals surface area contributed by atoms with E-state index in [4.69, 9.17) is 0 Å². The summed E-state index contributed by atoms with van der Waals surface area (Å²) in [6, 6.07) is 0. The van der Waals surface area contributed by atoms with Gasteiger partial charge in [-0.05, 0) is 6.42 Å². The Hall–Kier alpha value is 0.920. The highest BCUT2D eigenvalue weighted by atomic mass is 80.0. The lowest BCUT2D eigenvalue weighted by Gasteiger charge is -2.20.